The Bertz CT molecular complexity index is 729. The number of benzene rings is 3. The lowest BCUT2D eigenvalue weighted by Gasteiger charge is -2.11. The Balaban J connectivity index is 2.06. The summed E-state index contributed by atoms with van der Waals surface area (Å²) in [5.74, 6) is 1.70. The molecule has 0 heterocycles. The van der Waals surface area contributed by atoms with Gasteiger partial charge < -0.3 is 4.74 Å². The van der Waals surface area contributed by atoms with Gasteiger partial charge in [0.2, 0.25) is 0 Å². The van der Waals surface area contributed by atoms with Crippen LogP contribution in [0.1, 0.15) is 5.56 Å². The van der Waals surface area contributed by atoms with Crippen molar-refractivity contribution < 1.29 is 4.74 Å². The average molecular weight is 269 g/mol. The predicted molar refractivity (Wildman–Crippen MR) is 80.2 cm³/mol. The minimum Gasteiger partial charge on any atom is -0.456 e. The summed E-state index contributed by atoms with van der Waals surface area (Å²) in [6, 6.07) is 19.9. The molecular weight excluding hydrogens is 256 g/mol. The van der Waals surface area contributed by atoms with Crippen LogP contribution in [0.5, 0.6) is 11.5 Å². The van der Waals surface area contributed by atoms with Crippen LogP contribution in [0.25, 0.3) is 10.8 Å². The number of hydrogen-bond acceptors (Lipinski definition) is 1. The first-order valence-electron chi connectivity index (χ1n) is 6.16. The maximum Gasteiger partial charge on any atom is 0.135 e. The standard InChI is InChI=1S/C17H13ClO/c1-12-11-14(18)9-10-16(12)19-17-8-4-6-13-5-2-3-7-15(13)17/h2-11H,1H3. The molecule has 0 atom stereocenters. The molecule has 19 heavy (non-hydrogen) atoms. The van der Waals surface area contributed by atoms with Gasteiger partial charge in [-0.15, -0.1) is 0 Å². The molecule has 0 fully saturated rings. The molecule has 1 nitrogen and oxygen atoms in total. The Morgan fingerprint density at radius 2 is 1.63 bits per heavy atom. The van der Waals surface area contributed by atoms with Gasteiger partial charge in [0.25, 0.3) is 0 Å². The van der Waals surface area contributed by atoms with Crippen LogP contribution < -0.4 is 4.74 Å². The molecule has 0 aliphatic rings. The highest BCUT2D eigenvalue weighted by Crippen LogP contribution is 2.32. The van der Waals surface area contributed by atoms with Crippen LogP contribution in [0, 0.1) is 6.92 Å². The summed E-state index contributed by atoms with van der Waals surface area (Å²) in [5, 5.41) is 3.01. The Morgan fingerprint density at radius 1 is 0.842 bits per heavy atom. The zero-order valence-electron chi connectivity index (χ0n) is 10.6. The van der Waals surface area contributed by atoms with Crippen molar-refractivity contribution in [2.24, 2.45) is 0 Å². The number of rotatable bonds is 2. The van der Waals surface area contributed by atoms with Crippen LogP contribution in [0.15, 0.2) is 60.7 Å². The van der Waals surface area contributed by atoms with Crippen LogP contribution in [-0.2, 0) is 0 Å². The van der Waals surface area contributed by atoms with Crippen LogP contribution in [0.4, 0.5) is 0 Å². The van der Waals surface area contributed by atoms with Gasteiger partial charge in [-0.1, -0.05) is 48.0 Å². The molecule has 3 aromatic rings. The van der Waals surface area contributed by atoms with Gasteiger partial charge in [0.1, 0.15) is 11.5 Å². The van der Waals surface area contributed by atoms with E-state index in [1.54, 1.807) is 0 Å². The second-order valence-corrected chi connectivity index (χ2v) is 4.93. The van der Waals surface area contributed by atoms with E-state index in [-0.39, 0.29) is 0 Å². The summed E-state index contributed by atoms with van der Waals surface area (Å²) < 4.78 is 6.02. The minimum atomic E-state index is 0.725. The van der Waals surface area contributed by atoms with Crippen molar-refractivity contribution in [3.05, 3.63) is 71.2 Å². The lowest BCUT2D eigenvalue weighted by atomic mass is 10.1. The third-order valence-corrected chi connectivity index (χ3v) is 3.34. The number of fused-ring (bicyclic) bond motifs is 1. The highest BCUT2D eigenvalue weighted by molar-refractivity contribution is 6.30. The van der Waals surface area contributed by atoms with E-state index >= 15 is 0 Å². The van der Waals surface area contributed by atoms with Crippen LogP contribution in [0.2, 0.25) is 5.02 Å². The SMILES string of the molecule is Cc1cc(Cl)ccc1Oc1cccc2ccccc12. The fourth-order valence-corrected chi connectivity index (χ4v) is 2.36. The van der Waals surface area contributed by atoms with Gasteiger partial charge in [-0.25, -0.2) is 0 Å². The van der Waals surface area contributed by atoms with E-state index in [2.05, 4.69) is 18.2 Å². The topological polar surface area (TPSA) is 9.23 Å². The summed E-state index contributed by atoms with van der Waals surface area (Å²) in [7, 11) is 0. The second-order valence-electron chi connectivity index (χ2n) is 4.49. The molecular formula is C17H13ClO. The van der Waals surface area contributed by atoms with Crippen LogP contribution >= 0.6 is 11.6 Å². The summed E-state index contributed by atoms with van der Waals surface area (Å²) in [6.45, 7) is 1.99. The first-order valence-corrected chi connectivity index (χ1v) is 6.53. The van der Waals surface area contributed by atoms with E-state index in [1.165, 1.54) is 5.39 Å². The molecule has 0 N–H and O–H groups in total. The summed E-state index contributed by atoms with van der Waals surface area (Å²) >= 11 is 5.96. The average Bonchev–Trinajstić information content (AvgIpc) is 2.42. The number of hydrogen-bond donors (Lipinski definition) is 0. The lowest BCUT2D eigenvalue weighted by Crippen LogP contribution is -1.88. The van der Waals surface area contributed by atoms with Gasteiger partial charge >= 0.3 is 0 Å². The van der Waals surface area contributed by atoms with Crippen molar-refractivity contribution >= 4 is 22.4 Å². The van der Waals surface area contributed by atoms with Gasteiger partial charge in [0, 0.05) is 10.4 Å². The smallest absolute Gasteiger partial charge is 0.135 e. The van der Waals surface area contributed by atoms with Crippen LogP contribution in [-0.4, -0.2) is 0 Å². The normalized spacial score (nSPS) is 10.6. The van der Waals surface area contributed by atoms with Crippen molar-refractivity contribution in [3.63, 3.8) is 0 Å². The molecule has 0 aliphatic heterocycles. The molecule has 0 saturated carbocycles. The Morgan fingerprint density at radius 3 is 2.47 bits per heavy atom. The predicted octanol–water partition coefficient (Wildman–Crippen LogP) is 5.59. The maximum atomic E-state index is 6.02. The van der Waals surface area contributed by atoms with E-state index < -0.39 is 0 Å². The molecule has 94 valence electrons. The van der Waals surface area contributed by atoms with Gasteiger partial charge in [0.15, 0.2) is 0 Å². The highest BCUT2D eigenvalue weighted by Gasteiger charge is 2.05. The Kier molecular flexibility index (Phi) is 3.14. The molecule has 0 unspecified atom stereocenters. The van der Waals surface area contributed by atoms with E-state index in [9.17, 15) is 0 Å². The summed E-state index contributed by atoms with van der Waals surface area (Å²) in [4.78, 5) is 0. The number of halogens is 1. The molecule has 3 aromatic carbocycles. The molecule has 2 heteroatoms. The van der Waals surface area contributed by atoms with E-state index in [0.717, 1.165) is 27.5 Å². The van der Waals surface area contributed by atoms with E-state index in [1.807, 2.05) is 49.4 Å². The highest BCUT2D eigenvalue weighted by atomic mass is 35.5. The van der Waals surface area contributed by atoms with E-state index in [0.29, 0.717) is 0 Å². The number of aryl methyl sites for hydroxylation is 1. The zero-order chi connectivity index (χ0) is 13.2. The van der Waals surface area contributed by atoms with Gasteiger partial charge in [-0.2, -0.15) is 0 Å². The van der Waals surface area contributed by atoms with Gasteiger partial charge in [0.05, 0.1) is 0 Å². The van der Waals surface area contributed by atoms with Crippen molar-refractivity contribution in [3.8, 4) is 11.5 Å². The molecule has 0 saturated heterocycles. The fraction of sp³-hybridized carbons (Fsp3) is 0.0588. The summed E-state index contributed by atoms with van der Waals surface area (Å²) in [6.07, 6.45) is 0. The van der Waals surface area contributed by atoms with Crippen molar-refractivity contribution in [1.82, 2.24) is 0 Å². The van der Waals surface area contributed by atoms with Crippen molar-refractivity contribution in [2.75, 3.05) is 0 Å². The maximum absolute atomic E-state index is 6.02. The van der Waals surface area contributed by atoms with Crippen molar-refractivity contribution in [2.45, 2.75) is 6.92 Å². The van der Waals surface area contributed by atoms with Gasteiger partial charge in [-0.05, 0) is 42.1 Å². The molecule has 3 rings (SSSR count). The molecule has 0 spiro atoms. The lowest BCUT2D eigenvalue weighted by molar-refractivity contribution is 0.484. The monoisotopic (exact) mass is 268 g/mol. The molecule has 0 aliphatic carbocycles. The fourth-order valence-electron chi connectivity index (χ4n) is 2.13. The molecule has 0 radical (unpaired) electrons. The molecule has 0 amide bonds. The Hall–Kier alpha value is -1.99. The van der Waals surface area contributed by atoms with Crippen LogP contribution in [0.3, 0.4) is 0 Å². The third-order valence-electron chi connectivity index (χ3n) is 3.11. The third kappa shape index (κ3) is 2.42. The van der Waals surface area contributed by atoms with Crippen molar-refractivity contribution in [1.29, 1.82) is 0 Å². The first kappa shape index (κ1) is 12.1. The minimum absolute atomic E-state index is 0.725. The Labute approximate surface area is 117 Å². The number of ether oxygens (including phenoxy) is 1. The van der Waals surface area contributed by atoms with Gasteiger partial charge in [-0.3, -0.25) is 0 Å². The molecule has 0 bridgehead atoms. The van der Waals surface area contributed by atoms with E-state index in [4.69, 9.17) is 16.3 Å². The second kappa shape index (κ2) is 4.94. The first-order chi connectivity index (χ1) is 9.24. The largest absolute Gasteiger partial charge is 0.456 e. The quantitative estimate of drug-likeness (QED) is 0.588. The summed E-state index contributed by atoms with van der Waals surface area (Å²) in [5.41, 5.74) is 1.03. The molecule has 0 aromatic heterocycles. The zero-order valence-corrected chi connectivity index (χ0v) is 11.3.